The number of nitrogens with zero attached hydrogens (tertiary/aromatic N) is 8. The molecule has 162 valence electrons. The maximum atomic E-state index is 11.8. The highest BCUT2D eigenvalue weighted by atomic mass is 32.1. The molecule has 2 N–H and O–H groups in total. The molecular formula is C20H19N9O2S. The van der Waals surface area contributed by atoms with E-state index in [4.69, 9.17) is 10.1 Å². The predicted octanol–water partition coefficient (Wildman–Crippen LogP) is 1.48. The summed E-state index contributed by atoms with van der Waals surface area (Å²) in [5.74, 6) is 0.0925. The fraction of sp³-hybridized carbons (Fsp3) is 0.300. The van der Waals surface area contributed by atoms with Gasteiger partial charge in [-0.25, -0.2) is 9.97 Å². The molecule has 1 amide bonds. The molecule has 1 aliphatic rings. The number of likely N-dealkylation sites (tertiary alicyclic amines) is 1. The molecule has 0 unspecified atom stereocenters. The zero-order valence-electron chi connectivity index (χ0n) is 17.1. The molecule has 12 heteroatoms. The first-order chi connectivity index (χ1) is 15.5. The summed E-state index contributed by atoms with van der Waals surface area (Å²) in [5.41, 5.74) is 2.50. The van der Waals surface area contributed by atoms with Crippen molar-refractivity contribution < 1.29 is 9.90 Å². The molecule has 0 bridgehead atoms. The number of aromatic nitrogens is 6. The Kier molecular flexibility index (Phi) is 4.84. The van der Waals surface area contributed by atoms with Crippen LogP contribution in [0, 0.1) is 11.3 Å². The second kappa shape index (κ2) is 7.70. The molecule has 1 saturated heterocycles. The molecule has 0 saturated carbocycles. The number of carbonyl (C=O) groups excluding carboxylic acids is 1. The van der Waals surface area contributed by atoms with Gasteiger partial charge in [-0.15, -0.1) is 11.3 Å². The minimum absolute atomic E-state index is 0.204. The van der Waals surface area contributed by atoms with Crippen molar-refractivity contribution in [2.24, 2.45) is 7.05 Å². The van der Waals surface area contributed by atoms with E-state index in [0.717, 1.165) is 27.2 Å². The van der Waals surface area contributed by atoms with Crippen LogP contribution in [0.5, 0.6) is 0 Å². The lowest BCUT2D eigenvalue weighted by Crippen LogP contribution is -2.64. The Hall–Kier alpha value is -3.82. The summed E-state index contributed by atoms with van der Waals surface area (Å²) < 4.78 is 4.36. The van der Waals surface area contributed by atoms with Crippen molar-refractivity contribution in [3.63, 3.8) is 0 Å². The van der Waals surface area contributed by atoms with Crippen LogP contribution in [-0.4, -0.2) is 65.1 Å². The van der Waals surface area contributed by atoms with Crippen LogP contribution in [-0.2, 0) is 17.4 Å². The lowest BCUT2D eigenvalue weighted by atomic mass is 9.86. The predicted molar refractivity (Wildman–Crippen MR) is 117 cm³/mol. The third kappa shape index (κ3) is 3.37. The van der Waals surface area contributed by atoms with E-state index in [0.29, 0.717) is 19.0 Å². The summed E-state index contributed by atoms with van der Waals surface area (Å²) in [4.78, 5) is 22.6. The first kappa shape index (κ1) is 20.1. The molecule has 32 heavy (non-hydrogen) atoms. The van der Waals surface area contributed by atoms with Gasteiger partial charge in [-0.3, -0.25) is 14.2 Å². The Morgan fingerprint density at radius 3 is 2.88 bits per heavy atom. The van der Waals surface area contributed by atoms with Crippen molar-refractivity contribution in [2.75, 3.05) is 25.0 Å². The topological polar surface area (TPSA) is 138 Å². The van der Waals surface area contributed by atoms with Crippen LogP contribution < -0.4 is 5.32 Å². The number of aliphatic hydroxyl groups excluding tert-OH is 1. The number of hydrogen-bond acceptors (Lipinski definition) is 9. The number of nitriles is 1. The standard InChI is InChI=1S/C20H19N9O2S/c1-27-9-14(7-22-27)24-19-25-15-2-5-32-18(15)17(26-19)13-6-23-29(8-13)20(3-4-21)11-28(12-20)16(31)10-30/h2,5-9,30H,3,10-12H2,1H3,(H,24,25,26). The SMILES string of the molecule is Cn1cc(Nc2nc(-c3cnn(C4(CC#N)CN(C(=O)CO)C4)c3)c3sccc3n2)cn1. The van der Waals surface area contributed by atoms with Crippen LogP contribution in [0.1, 0.15) is 6.42 Å². The van der Waals surface area contributed by atoms with Crippen molar-refractivity contribution in [3.8, 4) is 17.3 Å². The van der Waals surface area contributed by atoms with E-state index in [9.17, 15) is 10.1 Å². The Morgan fingerprint density at radius 1 is 1.31 bits per heavy atom. The van der Waals surface area contributed by atoms with Crippen molar-refractivity contribution >= 4 is 39.1 Å². The molecule has 11 nitrogen and oxygen atoms in total. The van der Waals surface area contributed by atoms with Crippen LogP contribution in [0.4, 0.5) is 11.6 Å². The van der Waals surface area contributed by atoms with Gasteiger partial charge in [0.1, 0.15) is 12.1 Å². The summed E-state index contributed by atoms with van der Waals surface area (Å²) in [6, 6.07) is 4.13. The number of nitrogens with one attached hydrogen (secondary N) is 1. The molecule has 0 radical (unpaired) electrons. The molecule has 4 aromatic heterocycles. The lowest BCUT2D eigenvalue weighted by molar-refractivity contribution is -0.145. The molecular weight excluding hydrogens is 430 g/mol. The molecule has 0 atom stereocenters. The van der Waals surface area contributed by atoms with Crippen LogP contribution in [0.2, 0.25) is 0 Å². The monoisotopic (exact) mass is 449 g/mol. The van der Waals surface area contributed by atoms with E-state index >= 15 is 0 Å². The number of aryl methyl sites for hydroxylation is 1. The van der Waals surface area contributed by atoms with Gasteiger partial charge in [0.15, 0.2) is 0 Å². The van der Waals surface area contributed by atoms with Crippen LogP contribution >= 0.6 is 11.3 Å². The highest BCUT2D eigenvalue weighted by Crippen LogP contribution is 2.36. The van der Waals surface area contributed by atoms with Gasteiger partial charge in [0.05, 0.1) is 46.5 Å². The molecule has 0 aliphatic carbocycles. The number of carbonyl (C=O) groups is 1. The van der Waals surface area contributed by atoms with Gasteiger partial charge in [0, 0.05) is 38.1 Å². The normalized spacial score (nSPS) is 14.8. The molecule has 5 rings (SSSR count). The number of thiophene rings is 1. The van der Waals surface area contributed by atoms with Crippen molar-refractivity contribution in [1.29, 1.82) is 5.26 Å². The smallest absolute Gasteiger partial charge is 0.248 e. The number of hydrogen-bond donors (Lipinski definition) is 2. The van der Waals surface area contributed by atoms with E-state index in [1.807, 2.05) is 30.9 Å². The summed E-state index contributed by atoms with van der Waals surface area (Å²) in [5, 5.41) is 32.3. The second-order valence-corrected chi connectivity index (χ2v) is 8.62. The largest absolute Gasteiger partial charge is 0.387 e. The van der Waals surface area contributed by atoms with Crippen molar-refractivity contribution in [1.82, 2.24) is 34.4 Å². The number of rotatable bonds is 6. The zero-order valence-corrected chi connectivity index (χ0v) is 18.0. The second-order valence-electron chi connectivity index (χ2n) is 7.70. The van der Waals surface area contributed by atoms with Gasteiger partial charge >= 0.3 is 0 Å². The molecule has 4 aromatic rings. The molecule has 0 aromatic carbocycles. The van der Waals surface area contributed by atoms with Crippen LogP contribution in [0.3, 0.4) is 0 Å². The molecule has 0 spiro atoms. The maximum Gasteiger partial charge on any atom is 0.248 e. The van der Waals surface area contributed by atoms with Crippen molar-refractivity contribution in [2.45, 2.75) is 12.0 Å². The average Bonchev–Trinajstić information content (AvgIpc) is 3.50. The zero-order chi connectivity index (χ0) is 22.3. The van der Waals surface area contributed by atoms with Gasteiger partial charge < -0.3 is 15.3 Å². The van der Waals surface area contributed by atoms with E-state index in [1.165, 1.54) is 4.90 Å². The van der Waals surface area contributed by atoms with E-state index in [-0.39, 0.29) is 12.3 Å². The molecule has 1 aliphatic heterocycles. The molecule has 1 fully saturated rings. The fourth-order valence-electron chi connectivity index (χ4n) is 3.86. The number of aliphatic hydroxyl groups is 1. The van der Waals surface area contributed by atoms with E-state index < -0.39 is 12.1 Å². The maximum absolute atomic E-state index is 11.8. The third-order valence-electron chi connectivity index (χ3n) is 5.47. The Morgan fingerprint density at radius 2 is 2.16 bits per heavy atom. The highest BCUT2D eigenvalue weighted by Gasteiger charge is 2.47. The Labute approximate surface area is 186 Å². The third-order valence-corrected chi connectivity index (χ3v) is 6.38. The Balaban J connectivity index is 1.49. The van der Waals surface area contributed by atoms with Gasteiger partial charge in [0.25, 0.3) is 0 Å². The number of anilines is 2. The highest BCUT2D eigenvalue weighted by molar-refractivity contribution is 7.17. The van der Waals surface area contributed by atoms with Crippen molar-refractivity contribution in [3.05, 3.63) is 36.2 Å². The Bertz CT molecular complexity index is 1340. The minimum Gasteiger partial charge on any atom is -0.387 e. The van der Waals surface area contributed by atoms with E-state index in [2.05, 4.69) is 26.6 Å². The average molecular weight is 450 g/mol. The summed E-state index contributed by atoms with van der Waals surface area (Å²) >= 11 is 1.54. The number of amides is 1. The van der Waals surface area contributed by atoms with Gasteiger partial charge in [-0.2, -0.15) is 15.5 Å². The quantitative estimate of drug-likeness (QED) is 0.451. The summed E-state index contributed by atoms with van der Waals surface area (Å²) in [6.45, 7) is 0.108. The minimum atomic E-state index is -0.615. The number of fused-ring (bicyclic) bond motifs is 1. The first-order valence-electron chi connectivity index (χ1n) is 9.83. The van der Waals surface area contributed by atoms with Gasteiger partial charge in [-0.05, 0) is 11.4 Å². The van der Waals surface area contributed by atoms with E-state index in [1.54, 1.807) is 33.1 Å². The first-order valence-corrected chi connectivity index (χ1v) is 10.7. The van der Waals surface area contributed by atoms with Crippen LogP contribution in [0.15, 0.2) is 36.2 Å². The summed E-state index contributed by atoms with van der Waals surface area (Å²) in [6.07, 6.45) is 7.30. The lowest BCUT2D eigenvalue weighted by Gasteiger charge is -2.48. The fourth-order valence-corrected chi connectivity index (χ4v) is 4.70. The summed E-state index contributed by atoms with van der Waals surface area (Å²) in [7, 11) is 1.83. The van der Waals surface area contributed by atoms with Gasteiger partial charge in [-0.1, -0.05) is 0 Å². The molecule has 5 heterocycles. The van der Waals surface area contributed by atoms with Gasteiger partial charge in [0.2, 0.25) is 11.9 Å². The van der Waals surface area contributed by atoms with Crippen LogP contribution in [0.25, 0.3) is 21.5 Å².